The highest BCUT2D eigenvalue weighted by Crippen LogP contribution is 2.26. The van der Waals surface area contributed by atoms with Gasteiger partial charge in [0, 0.05) is 9.77 Å². The van der Waals surface area contributed by atoms with Crippen molar-refractivity contribution in [3.8, 4) is 0 Å². The molecule has 76 valence electrons. The third-order valence-corrected chi connectivity index (χ3v) is 2.58. The standard InChI is InChI=1S/C7H3ClF2INO2/c8-5(13)4-3(6(9)10)2(11)1-12-7(4)14/h1,6H,(H,12,14). The topological polar surface area (TPSA) is 49.9 Å². The first-order chi connectivity index (χ1) is 6.45. The number of halogens is 4. The molecule has 0 aromatic carbocycles. The van der Waals surface area contributed by atoms with Crippen LogP contribution in [0.2, 0.25) is 0 Å². The molecule has 0 aliphatic carbocycles. The molecule has 0 saturated carbocycles. The number of hydrogen-bond donors (Lipinski definition) is 1. The summed E-state index contributed by atoms with van der Waals surface area (Å²) in [4.78, 5) is 23.9. The molecule has 0 spiro atoms. The fourth-order valence-electron chi connectivity index (χ4n) is 0.929. The first kappa shape index (κ1) is 11.6. The van der Waals surface area contributed by atoms with Crippen LogP contribution in [0.4, 0.5) is 8.78 Å². The van der Waals surface area contributed by atoms with E-state index in [1.807, 2.05) is 0 Å². The van der Waals surface area contributed by atoms with E-state index < -0.39 is 28.4 Å². The summed E-state index contributed by atoms with van der Waals surface area (Å²) in [5.41, 5.74) is -2.20. The van der Waals surface area contributed by atoms with Crippen LogP contribution in [0.1, 0.15) is 22.3 Å². The summed E-state index contributed by atoms with van der Waals surface area (Å²) in [6.07, 6.45) is -1.80. The molecule has 1 N–H and O–H groups in total. The first-order valence-electron chi connectivity index (χ1n) is 3.34. The van der Waals surface area contributed by atoms with E-state index in [-0.39, 0.29) is 3.57 Å². The second-order valence-electron chi connectivity index (χ2n) is 2.33. The average molecular weight is 333 g/mol. The van der Waals surface area contributed by atoms with Gasteiger partial charge in [0.25, 0.3) is 17.2 Å². The molecular formula is C7H3ClF2INO2. The normalized spacial score (nSPS) is 10.6. The summed E-state index contributed by atoms with van der Waals surface area (Å²) in [6, 6.07) is 0. The van der Waals surface area contributed by atoms with Crippen LogP contribution in [0.5, 0.6) is 0 Å². The number of pyridine rings is 1. The zero-order valence-corrected chi connectivity index (χ0v) is 9.40. The Morgan fingerprint density at radius 2 is 2.14 bits per heavy atom. The Morgan fingerprint density at radius 1 is 1.57 bits per heavy atom. The van der Waals surface area contributed by atoms with Gasteiger partial charge >= 0.3 is 0 Å². The number of H-pyrrole nitrogens is 1. The van der Waals surface area contributed by atoms with Crippen LogP contribution in [0.25, 0.3) is 0 Å². The Hall–Kier alpha value is -0.500. The van der Waals surface area contributed by atoms with E-state index in [2.05, 4.69) is 4.98 Å². The monoisotopic (exact) mass is 333 g/mol. The van der Waals surface area contributed by atoms with Crippen LogP contribution in [0, 0.1) is 3.57 Å². The first-order valence-corrected chi connectivity index (χ1v) is 4.80. The van der Waals surface area contributed by atoms with Gasteiger partial charge in [0.15, 0.2) is 0 Å². The zero-order valence-electron chi connectivity index (χ0n) is 6.48. The molecular weight excluding hydrogens is 330 g/mol. The maximum Gasteiger partial charge on any atom is 0.265 e. The summed E-state index contributed by atoms with van der Waals surface area (Å²) >= 11 is 6.62. The highest BCUT2D eigenvalue weighted by atomic mass is 127. The summed E-state index contributed by atoms with van der Waals surface area (Å²) < 4.78 is 25.0. The van der Waals surface area contributed by atoms with Crippen LogP contribution in [-0.2, 0) is 0 Å². The van der Waals surface area contributed by atoms with E-state index in [1.165, 1.54) is 0 Å². The Labute approximate surface area is 95.6 Å². The van der Waals surface area contributed by atoms with Crippen molar-refractivity contribution in [3.05, 3.63) is 31.2 Å². The lowest BCUT2D eigenvalue weighted by Gasteiger charge is -2.05. The van der Waals surface area contributed by atoms with E-state index in [9.17, 15) is 18.4 Å². The highest BCUT2D eigenvalue weighted by molar-refractivity contribution is 14.1. The van der Waals surface area contributed by atoms with Gasteiger partial charge in [-0.2, -0.15) is 0 Å². The number of rotatable bonds is 2. The van der Waals surface area contributed by atoms with Gasteiger partial charge in [-0.3, -0.25) is 9.59 Å². The Kier molecular flexibility index (Phi) is 3.59. The van der Waals surface area contributed by atoms with Gasteiger partial charge in [0.2, 0.25) is 0 Å². The smallest absolute Gasteiger partial charge is 0.265 e. The fraction of sp³-hybridized carbons (Fsp3) is 0.143. The van der Waals surface area contributed by atoms with Crippen molar-refractivity contribution in [2.24, 2.45) is 0 Å². The SMILES string of the molecule is O=C(Cl)c1c(C(F)F)c(I)c[nH]c1=O. The second kappa shape index (κ2) is 4.35. The molecule has 0 saturated heterocycles. The van der Waals surface area contributed by atoms with Gasteiger partial charge in [0.05, 0.1) is 5.56 Å². The second-order valence-corrected chi connectivity index (χ2v) is 3.83. The van der Waals surface area contributed by atoms with Crippen LogP contribution in [0.15, 0.2) is 11.0 Å². The number of nitrogens with one attached hydrogen (secondary N) is 1. The largest absolute Gasteiger partial charge is 0.327 e. The molecule has 0 radical (unpaired) electrons. The van der Waals surface area contributed by atoms with Crippen LogP contribution in [0.3, 0.4) is 0 Å². The minimum Gasteiger partial charge on any atom is -0.327 e. The Balaban J connectivity index is 3.58. The molecule has 7 heteroatoms. The number of carbonyl (C=O) groups excluding carboxylic acids is 1. The minimum atomic E-state index is -2.90. The molecule has 3 nitrogen and oxygen atoms in total. The third-order valence-electron chi connectivity index (χ3n) is 1.50. The summed E-state index contributed by atoms with van der Waals surface area (Å²) in [6.45, 7) is 0. The Bertz CT molecular complexity index is 432. The van der Waals surface area contributed by atoms with E-state index in [0.717, 1.165) is 6.20 Å². The molecule has 0 aliphatic rings. The van der Waals surface area contributed by atoms with E-state index in [1.54, 1.807) is 22.6 Å². The van der Waals surface area contributed by atoms with Crippen molar-refractivity contribution in [1.82, 2.24) is 4.98 Å². The number of aromatic nitrogens is 1. The highest BCUT2D eigenvalue weighted by Gasteiger charge is 2.23. The van der Waals surface area contributed by atoms with Gasteiger partial charge < -0.3 is 4.98 Å². The lowest BCUT2D eigenvalue weighted by molar-refractivity contribution is 0.106. The molecule has 1 heterocycles. The summed E-state index contributed by atoms with van der Waals surface area (Å²) in [7, 11) is 0. The number of aromatic amines is 1. The molecule has 0 unspecified atom stereocenters. The van der Waals surface area contributed by atoms with Crippen molar-refractivity contribution >= 4 is 39.4 Å². The number of carbonyl (C=O) groups is 1. The van der Waals surface area contributed by atoms with E-state index in [0.29, 0.717) is 0 Å². The van der Waals surface area contributed by atoms with Crippen LogP contribution < -0.4 is 5.56 Å². The van der Waals surface area contributed by atoms with Crippen molar-refractivity contribution in [3.63, 3.8) is 0 Å². The summed E-state index contributed by atoms with van der Waals surface area (Å²) in [5, 5.41) is -1.18. The molecule has 0 aliphatic heterocycles. The van der Waals surface area contributed by atoms with Gasteiger partial charge in [-0.05, 0) is 34.2 Å². The van der Waals surface area contributed by atoms with Crippen molar-refractivity contribution in [2.75, 3.05) is 0 Å². The maximum atomic E-state index is 12.5. The third kappa shape index (κ3) is 2.11. The van der Waals surface area contributed by atoms with Crippen molar-refractivity contribution in [1.29, 1.82) is 0 Å². The van der Waals surface area contributed by atoms with Gasteiger partial charge in [0.1, 0.15) is 5.56 Å². The minimum absolute atomic E-state index is 0.0983. The van der Waals surface area contributed by atoms with E-state index >= 15 is 0 Å². The predicted octanol–water partition coefficient (Wildman–Crippen LogP) is 2.30. The molecule has 14 heavy (non-hydrogen) atoms. The van der Waals surface area contributed by atoms with Crippen LogP contribution in [-0.4, -0.2) is 10.2 Å². The van der Waals surface area contributed by atoms with E-state index in [4.69, 9.17) is 11.6 Å². The Morgan fingerprint density at radius 3 is 2.50 bits per heavy atom. The van der Waals surface area contributed by atoms with Crippen LogP contribution >= 0.6 is 34.2 Å². The van der Waals surface area contributed by atoms with Crippen molar-refractivity contribution in [2.45, 2.75) is 6.43 Å². The molecule has 0 bridgehead atoms. The lowest BCUT2D eigenvalue weighted by Crippen LogP contribution is -2.19. The summed E-state index contributed by atoms with van der Waals surface area (Å²) in [5.74, 6) is 0. The molecule has 1 aromatic heterocycles. The molecule has 0 fully saturated rings. The van der Waals surface area contributed by atoms with Gasteiger partial charge in [-0.15, -0.1) is 0 Å². The number of alkyl halides is 2. The molecule has 1 aromatic rings. The van der Waals surface area contributed by atoms with Crippen molar-refractivity contribution < 1.29 is 13.6 Å². The lowest BCUT2D eigenvalue weighted by atomic mass is 10.1. The molecule has 1 rings (SSSR count). The molecule has 0 amide bonds. The number of hydrogen-bond acceptors (Lipinski definition) is 2. The average Bonchev–Trinajstić information content (AvgIpc) is 2.07. The van der Waals surface area contributed by atoms with Gasteiger partial charge in [-0.25, -0.2) is 8.78 Å². The predicted molar refractivity (Wildman–Crippen MR) is 54.9 cm³/mol. The van der Waals surface area contributed by atoms with Gasteiger partial charge in [-0.1, -0.05) is 0 Å². The molecule has 0 atom stereocenters. The quantitative estimate of drug-likeness (QED) is 0.667. The maximum absolute atomic E-state index is 12.5. The zero-order chi connectivity index (χ0) is 10.9. The fourth-order valence-corrected chi connectivity index (χ4v) is 1.78.